The van der Waals surface area contributed by atoms with Crippen LogP contribution in [0.3, 0.4) is 0 Å². The van der Waals surface area contributed by atoms with Crippen LogP contribution in [-0.2, 0) is 9.59 Å². The number of imide groups is 2. The second kappa shape index (κ2) is 7.10. The fraction of sp³-hybridized carbons (Fsp3) is 0.333. The van der Waals surface area contributed by atoms with Gasteiger partial charge in [-0.3, -0.25) is 19.9 Å². The molecule has 2 rings (SSSR count). The first kappa shape index (κ1) is 16.8. The number of benzene rings is 1. The maximum Gasteiger partial charge on any atom is 0.335 e. The summed E-state index contributed by atoms with van der Waals surface area (Å²) in [5.74, 6) is -3.10. The maximum atomic E-state index is 13.0. The summed E-state index contributed by atoms with van der Waals surface area (Å²) in [4.78, 5) is 42.9. The Morgan fingerprint density at radius 3 is 2.52 bits per heavy atom. The first-order valence-corrected chi connectivity index (χ1v) is 6.99. The van der Waals surface area contributed by atoms with Gasteiger partial charge in [-0.05, 0) is 38.4 Å². The van der Waals surface area contributed by atoms with Crippen LogP contribution in [0.1, 0.15) is 0 Å². The third kappa shape index (κ3) is 3.98. The Kier molecular flexibility index (Phi) is 5.17. The molecule has 0 bridgehead atoms. The second-order valence-electron chi connectivity index (χ2n) is 5.28. The van der Waals surface area contributed by atoms with Crippen LogP contribution in [0, 0.1) is 11.7 Å². The van der Waals surface area contributed by atoms with E-state index in [-0.39, 0.29) is 5.69 Å². The number of likely N-dealkylation sites (N-methyl/N-ethyl adjacent to an activating group) is 1. The Bertz CT molecular complexity index is 643. The van der Waals surface area contributed by atoms with E-state index in [0.717, 1.165) is 17.0 Å². The number of urea groups is 1. The molecule has 8 heteroatoms. The zero-order valence-electron chi connectivity index (χ0n) is 12.8. The van der Waals surface area contributed by atoms with Crippen LogP contribution in [0.25, 0.3) is 0 Å². The van der Waals surface area contributed by atoms with E-state index in [1.807, 2.05) is 19.0 Å². The van der Waals surface area contributed by atoms with Crippen LogP contribution in [0.5, 0.6) is 0 Å². The third-order valence-electron chi connectivity index (χ3n) is 3.22. The Morgan fingerprint density at radius 2 is 1.91 bits per heavy atom. The fourth-order valence-corrected chi connectivity index (χ4v) is 1.99. The number of hydrogen-bond donors (Lipinski definition) is 1. The average molecular weight is 320 g/mol. The summed E-state index contributed by atoms with van der Waals surface area (Å²) in [6, 6.07) is 3.99. The number of carbonyl (C=O) groups excluding carboxylic acids is 3. The van der Waals surface area contributed by atoms with E-state index >= 15 is 0 Å². The highest BCUT2D eigenvalue weighted by atomic mass is 19.1. The number of nitrogens with one attached hydrogen (secondary N) is 1. The average Bonchev–Trinajstić information content (AvgIpc) is 2.47. The molecule has 1 atom stereocenters. The first-order valence-electron chi connectivity index (χ1n) is 6.99. The number of aliphatic imine (C=N–C) groups is 1. The predicted octanol–water partition coefficient (Wildman–Crippen LogP) is 0.657. The number of rotatable bonds is 5. The summed E-state index contributed by atoms with van der Waals surface area (Å²) in [5, 5.41) is 2.10. The minimum atomic E-state index is -1.18. The molecule has 1 aromatic rings. The zero-order chi connectivity index (χ0) is 17.0. The van der Waals surface area contributed by atoms with Crippen molar-refractivity contribution in [3.05, 3.63) is 30.1 Å². The summed E-state index contributed by atoms with van der Waals surface area (Å²) < 4.78 is 13.0. The molecule has 1 saturated heterocycles. The maximum absolute atomic E-state index is 13.0. The van der Waals surface area contributed by atoms with E-state index in [2.05, 4.69) is 10.3 Å². The van der Waals surface area contributed by atoms with E-state index in [0.29, 0.717) is 13.1 Å². The number of hydrogen-bond acceptors (Lipinski definition) is 5. The fourth-order valence-electron chi connectivity index (χ4n) is 1.99. The second-order valence-corrected chi connectivity index (χ2v) is 5.28. The predicted molar refractivity (Wildman–Crippen MR) is 82.8 cm³/mol. The standard InChI is InChI=1S/C15H17FN4O3/c1-19(2)8-7-17-9-12-13(21)18-15(23)20(14(12)22)11-5-3-10(16)4-6-11/h3-6,9,12H,7-8H2,1-2H3,(H,18,21,23). The van der Waals surface area contributed by atoms with Crippen molar-refractivity contribution >= 4 is 29.7 Å². The number of anilines is 1. The van der Waals surface area contributed by atoms with Gasteiger partial charge in [0.25, 0.3) is 5.91 Å². The van der Waals surface area contributed by atoms with Crippen LogP contribution >= 0.6 is 0 Å². The van der Waals surface area contributed by atoms with Crippen LogP contribution < -0.4 is 10.2 Å². The zero-order valence-corrected chi connectivity index (χ0v) is 12.8. The molecule has 1 heterocycles. The minimum absolute atomic E-state index is 0.188. The van der Waals surface area contributed by atoms with Gasteiger partial charge in [0.15, 0.2) is 5.92 Å². The normalized spacial score (nSPS) is 18.9. The van der Waals surface area contributed by atoms with Crippen LogP contribution in [0.2, 0.25) is 0 Å². The Morgan fingerprint density at radius 1 is 1.26 bits per heavy atom. The van der Waals surface area contributed by atoms with Crippen molar-refractivity contribution in [3.8, 4) is 0 Å². The Balaban J connectivity index is 2.18. The molecule has 0 saturated carbocycles. The summed E-state index contributed by atoms with van der Waals surface area (Å²) in [7, 11) is 3.76. The van der Waals surface area contributed by atoms with Gasteiger partial charge >= 0.3 is 6.03 Å². The van der Waals surface area contributed by atoms with Crippen molar-refractivity contribution < 1.29 is 18.8 Å². The molecule has 1 aliphatic heterocycles. The van der Waals surface area contributed by atoms with Gasteiger partial charge in [0.2, 0.25) is 5.91 Å². The molecule has 1 unspecified atom stereocenters. The summed E-state index contributed by atoms with van der Waals surface area (Å²) >= 11 is 0. The van der Waals surface area contributed by atoms with Gasteiger partial charge in [-0.15, -0.1) is 0 Å². The highest BCUT2D eigenvalue weighted by Gasteiger charge is 2.40. The number of halogens is 1. The molecule has 1 fully saturated rings. The molecule has 0 spiro atoms. The van der Waals surface area contributed by atoms with E-state index in [4.69, 9.17) is 0 Å². The molecular weight excluding hydrogens is 303 g/mol. The molecule has 7 nitrogen and oxygen atoms in total. The molecule has 0 aromatic heterocycles. The number of nitrogens with zero attached hydrogens (tertiary/aromatic N) is 3. The lowest BCUT2D eigenvalue weighted by molar-refractivity contribution is -0.131. The van der Waals surface area contributed by atoms with Gasteiger partial charge in [-0.1, -0.05) is 0 Å². The topological polar surface area (TPSA) is 82.1 Å². The lowest BCUT2D eigenvalue weighted by atomic mass is 10.1. The largest absolute Gasteiger partial charge is 0.335 e. The lowest BCUT2D eigenvalue weighted by Gasteiger charge is -2.28. The van der Waals surface area contributed by atoms with Crippen LogP contribution in [0.4, 0.5) is 14.9 Å². The summed E-state index contributed by atoms with van der Waals surface area (Å²) in [6.45, 7) is 1.09. The van der Waals surface area contributed by atoms with Crippen molar-refractivity contribution in [2.45, 2.75) is 0 Å². The number of barbiturate groups is 1. The highest BCUT2D eigenvalue weighted by molar-refractivity contribution is 6.32. The van der Waals surface area contributed by atoms with Gasteiger partial charge in [0, 0.05) is 12.8 Å². The van der Waals surface area contributed by atoms with E-state index in [9.17, 15) is 18.8 Å². The molecule has 1 N–H and O–H groups in total. The molecule has 0 aliphatic carbocycles. The molecule has 4 amide bonds. The molecule has 1 aliphatic rings. The number of carbonyl (C=O) groups is 3. The SMILES string of the molecule is CN(C)CCN=CC1C(=O)NC(=O)N(c2ccc(F)cc2)C1=O. The molecule has 1 aromatic carbocycles. The summed E-state index contributed by atoms with van der Waals surface area (Å²) in [5.41, 5.74) is 0.188. The van der Waals surface area contributed by atoms with Crippen molar-refractivity contribution in [1.82, 2.24) is 10.2 Å². The molecule has 0 radical (unpaired) electrons. The van der Waals surface area contributed by atoms with Gasteiger partial charge in [-0.25, -0.2) is 14.1 Å². The van der Waals surface area contributed by atoms with Gasteiger partial charge in [0.1, 0.15) is 5.82 Å². The van der Waals surface area contributed by atoms with Crippen molar-refractivity contribution in [2.24, 2.45) is 10.9 Å². The molecule has 23 heavy (non-hydrogen) atoms. The van der Waals surface area contributed by atoms with Gasteiger partial charge < -0.3 is 4.90 Å². The minimum Gasteiger partial charge on any atom is -0.308 e. The smallest absolute Gasteiger partial charge is 0.308 e. The molecule has 122 valence electrons. The Hall–Kier alpha value is -2.61. The Labute approximate surface area is 132 Å². The van der Waals surface area contributed by atoms with Crippen LogP contribution in [0.15, 0.2) is 29.3 Å². The number of amides is 4. The monoisotopic (exact) mass is 320 g/mol. The highest BCUT2D eigenvalue weighted by Crippen LogP contribution is 2.20. The quantitative estimate of drug-likeness (QED) is 0.638. The van der Waals surface area contributed by atoms with Crippen LogP contribution in [-0.4, -0.2) is 56.1 Å². The van der Waals surface area contributed by atoms with Crippen molar-refractivity contribution in [3.63, 3.8) is 0 Å². The van der Waals surface area contributed by atoms with E-state index < -0.39 is 29.6 Å². The lowest BCUT2D eigenvalue weighted by Crippen LogP contribution is -2.58. The summed E-state index contributed by atoms with van der Waals surface area (Å²) in [6.07, 6.45) is 1.24. The third-order valence-corrected chi connectivity index (χ3v) is 3.22. The van der Waals surface area contributed by atoms with Crippen molar-refractivity contribution in [1.29, 1.82) is 0 Å². The molecular formula is C15H17FN4O3. The first-order chi connectivity index (χ1) is 10.9. The van der Waals surface area contributed by atoms with E-state index in [1.165, 1.54) is 18.3 Å². The van der Waals surface area contributed by atoms with Gasteiger partial charge in [-0.2, -0.15) is 0 Å². The van der Waals surface area contributed by atoms with E-state index in [1.54, 1.807) is 0 Å². The van der Waals surface area contributed by atoms with Crippen molar-refractivity contribution in [2.75, 3.05) is 32.1 Å². The van der Waals surface area contributed by atoms with Gasteiger partial charge in [0.05, 0.1) is 12.2 Å².